The van der Waals surface area contributed by atoms with Crippen molar-refractivity contribution >= 4 is 17.5 Å². The maximum atomic E-state index is 13.0. The van der Waals surface area contributed by atoms with Gasteiger partial charge >= 0.3 is 0 Å². The predicted octanol–water partition coefficient (Wildman–Crippen LogP) is 3.75. The number of benzene rings is 1. The number of rotatable bonds is 8. The average molecular weight is 421 g/mol. The van der Waals surface area contributed by atoms with Crippen molar-refractivity contribution in [1.29, 1.82) is 0 Å². The second-order valence-electron chi connectivity index (χ2n) is 7.81. The van der Waals surface area contributed by atoms with Gasteiger partial charge in [-0.25, -0.2) is 0 Å². The molecule has 1 aliphatic rings. The molecule has 1 aliphatic heterocycles. The number of hydrogen-bond donors (Lipinski definition) is 1. The Balaban J connectivity index is 1.29. The molecule has 0 spiro atoms. The molecular formula is C24H27N3O4. The highest BCUT2D eigenvalue weighted by molar-refractivity contribution is 5.92. The minimum Gasteiger partial charge on any atom is -0.468 e. The minimum absolute atomic E-state index is 0.0237. The highest BCUT2D eigenvalue weighted by Crippen LogP contribution is 2.20. The molecule has 1 aromatic carbocycles. The van der Waals surface area contributed by atoms with Crippen molar-refractivity contribution in [3.05, 3.63) is 78.6 Å². The van der Waals surface area contributed by atoms with E-state index >= 15 is 0 Å². The van der Waals surface area contributed by atoms with E-state index in [0.29, 0.717) is 39.0 Å². The van der Waals surface area contributed by atoms with Crippen LogP contribution in [-0.4, -0.2) is 41.2 Å². The first-order valence-electron chi connectivity index (χ1n) is 10.6. The van der Waals surface area contributed by atoms with Gasteiger partial charge in [0.1, 0.15) is 11.5 Å². The normalized spacial score (nSPS) is 14.7. The number of nitrogens with one attached hydrogen (secondary N) is 1. The Morgan fingerprint density at radius 3 is 2.06 bits per heavy atom. The second kappa shape index (κ2) is 10.1. The maximum absolute atomic E-state index is 13.0. The summed E-state index contributed by atoms with van der Waals surface area (Å²) in [7, 11) is 0. The van der Waals surface area contributed by atoms with E-state index in [1.165, 1.54) is 0 Å². The van der Waals surface area contributed by atoms with Crippen molar-refractivity contribution in [3.8, 4) is 0 Å². The van der Waals surface area contributed by atoms with E-state index in [1.807, 2.05) is 64.4 Å². The van der Waals surface area contributed by atoms with Crippen LogP contribution in [0.3, 0.4) is 0 Å². The summed E-state index contributed by atoms with van der Waals surface area (Å²) < 4.78 is 10.9. The van der Waals surface area contributed by atoms with Crippen molar-refractivity contribution in [2.24, 2.45) is 5.92 Å². The summed E-state index contributed by atoms with van der Waals surface area (Å²) in [5, 5.41) is 2.97. The minimum atomic E-state index is -0.0772. The fourth-order valence-electron chi connectivity index (χ4n) is 3.86. The number of carbonyl (C=O) groups excluding carboxylic acids is 2. The van der Waals surface area contributed by atoms with Gasteiger partial charge in [0.05, 0.1) is 32.2 Å². The van der Waals surface area contributed by atoms with Crippen molar-refractivity contribution < 1.29 is 18.4 Å². The number of amides is 2. The van der Waals surface area contributed by atoms with Gasteiger partial charge < -0.3 is 19.1 Å². The third-order valence-electron chi connectivity index (χ3n) is 5.54. The molecule has 1 saturated heterocycles. The molecule has 0 bridgehead atoms. The van der Waals surface area contributed by atoms with Gasteiger partial charge in [-0.15, -0.1) is 0 Å². The van der Waals surface area contributed by atoms with Gasteiger partial charge in [0.25, 0.3) is 0 Å². The number of carbonyl (C=O) groups is 2. The zero-order valence-corrected chi connectivity index (χ0v) is 17.4. The standard InChI is InChI=1S/C24H27N3O4/c28-23(18-26(16-21-8-4-14-30-21)17-22-9-5-15-31-22)27-12-10-19(11-13-27)24(29)25-20-6-2-1-3-7-20/h1-9,14-15,19H,10-13,16-18H2,(H,25,29). The number of piperidine rings is 1. The third-order valence-corrected chi connectivity index (χ3v) is 5.54. The molecule has 7 heteroatoms. The second-order valence-corrected chi connectivity index (χ2v) is 7.81. The molecule has 2 aromatic heterocycles. The van der Waals surface area contributed by atoms with E-state index in [9.17, 15) is 9.59 Å². The van der Waals surface area contributed by atoms with Crippen LogP contribution in [0.25, 0.3) is 0 Å². The number of hydrogen-bond acceptors (Lipinski definition) is 5. The monoisotopic (exact) mass is 421 g/mol. The Labute approximate surface area is 181 Å². The Morgan fingerprint density at radius 2 is 1.52 bits per heavy atom. The molecule has 3 heterocycles. The van der Waals surface area contributed by atoms with E-state index in [-0.39, 0.29) is 24.3 Å². The largest absolute Gasteiger partial charge is 0.468 e. The number of likely N-dealkylation sites (tertiary alicyclic amines) is 1. The lowest BCUT2D eigenvalue weighted by Crippen LogP contribution is -2.45. The summed E-state index contributed by atoms with van der Waals surface area (Å²) in [6.45, 7) is 2.48. The van der Waals surface area contributed by atoms with E-state index in [4.69, 9.17) is 8.83 Å². The van der Waals surface area contributed by atoms with Crippen LogP contribution in [0.5, 0.6) is 0 Å². The summed E-state index contributed by atoms with van der Waals surface area (Å²) in [5.41, 5.74) is 0.803. The fraction of sp³-hybridized carbons (Fsp3) is 0.333. The first kappa shape index (κ1) is 20.9. The van der Waals surface area contributed by atoms with Crippen LogP contribution in [0.4, 0.5) is 5.69 Å². The van der Waals surface area contributed by atoms with Crippen LogP contribution in [0, 0.1) is 5.92 Å². The summed E-state index contributed by atoms with van der Waals surface area (Å²) >= 11 is 0. The van der Waals surface area contributed by atoms with E-state index in [0.717, 1.165) is 17.2 Å². The molecule has 7 nitrogen and oxygen atoms in total. The van der Waals surface area contributed by atoms with Gasteiger partial charge in [0, 0.05) is 24.7 Å². The number of nitrogens with zero attached hydrogens (tertiary/aromatic N) is 2. The summed E-state index contributed by atoms with van der Waals surface area (Å²) in [6, 6.07) is 16.9. The van der Waals surface area contributed by atoms with Crippen LogP contribution in [0.15, 0.2) is 76.0 Å². The average Bonchev–Trinajstić information content (AvgIpc) is 3.49. The van der Waals surface area contributed by atoms with Gasteiger partial charge in [-0.2, -0.15) is 0 Å². The van der Waals surface area contributed by atoms with Crippen molar-refractivity contribution in [2.45, 2.75) is 25.9 Å². The zero-order valence-electron chi connectivity index (χ0n) is 17.4. The predicted molar refractivity (Wildman–Crippen MR) is 116 cm³/mol. The summed E-state index contributed by atoms with van der Waals surface area (Å²) in [6.07, 6.45) is 4.60. The quantitative estimate of drug-likeness (QED) is 0.599. The third kappa shape index (κ3) is 5.86. The Morgan fingerprint density at radius 1 is 0.903 bits per heavy atom. The molecule has 162 valence electrons. The van der Waals surface area contributed by atoms with Crippen LogP contribution < -0.4 is 5.32 Å². The lowest BCUT2D eigenvalue weighted by molar-refractivity contribution is -0.135. The molecule has 4 rings (SSSR count). The topological polar surface area (TPSA) is 78.9 Å². The van der Waals surface area contributed by atoms with Crippen molar-refractivity contribution in [3.63, 3.8) is 0 Å². The lowest BCUT2D eigenvalue weighted by Gasteiger charge is -2.33. The molecule has 1 fully saturated rings. The van der Waals surface area contributed by atoms with Gasteiger partial charge in [-0.05, 0) is 49.2 Å². The molecule has 2 amide bonds. The van der Waals surface area contributed by atoms with Crippen LogP contribution in [-0.2, 0) is 22.7 Å². The molecule has 1 N–H and O–H groups in total. The van der Waals surface area contributed by atoms with Crippen LogP contribution >= 0.6 is 0 Å². The smallest absolute Gasteiger partial charge is 0.236 e. The Kier molecular flexibility index (Phi) is 6.84. The van der Waals surface area contributed by atoms with Gasteiger partial charge in [0.2, 0.25) is 11.8 Å². The van der Waals surface area contributed by atoms with Crippen molar-refractivity contribution in [2.75, 3.05) is 25.0 Å². The molecule has 0 atom stereocenters. The summed E-state index contributed by atoms with van der Waals surface area (Å²) in [4.78, 5) is 29.3. The maximum Gasteiger partial charge on any atom is 0.236 e. The molecule has 0 unspecified atom stereocenters. The Hall–Kier alpha value is -3.32. The van der Waals surface area contributed by atoms with Crippen LogP contribution in [0.1, 0.15) is 24.4 Å². The highest BCUT2D eigenvalue weighted by atomic mass is 16.3. The van der Waals surface area contributed by atoms with E-state index in [2.05, 4.69) is 5.32 Å². The van der Waals surface area contributed by atoms with E-state index < -0.39 is 0 Å². The van der Waals surface area contributed by atoms with Crippen LogP contribution in [0.2, 0.25) is 0 Å². The lowest BCUT2D eigenvalue weighted by atomic mass is 9.95. The molecule has 0 aliphatic carbocycles. The SMILES string of the molecule is O=C(Nc1ccccc1)C1CCN(C(=O)CN(Cc2ccco2)Cc2ccco2)CC1. The highest BCUT2D eigenvalue weighted by Gasteiger charge is 2.28. The fourth-order valence-corrected chi connectivity index (χ4v) is 3.86. The summed E-state index contributed by atoms with van der Waals surface area (Å²) in [5.74, 6) is 1.61. The number of furan rings is 2. The number of anilines is 1. The molecule has 0 saturated carbocycles. The van der Waals surface area contributed by atoms with Gasteiger partial charge in [-0.1, -0.05) is 18.2 Å². The first-order chi connectivity index (χ1) is 15.2. The number of para-hydroxylation sites is 1. The molecule has 31 heavy (non-hydrogen) atoms. The first-order valence-corrected chi connectivity index (χ1v) is 10.6. The van der Waals surface area contributed by atoms with Crippen molar-refractivity contribution in [1.82, 2.24) is 9.80 Å². The van der Waals surface area contributed by atoms with Gasteiger partial charge in [-0.3, -0.25) is 14.5 Å². The molecule has 3 aromatic rings. The Bertz CT molecular complexity index is 910. The van der Waals surface area contributed by atoms with Gasteiger partial charge in [0.15, 0.2) is 0 Å². The zero-order chi connectivity index (χ0) is 21.5. The van der Waals surface area contributed by atoms with E-state index in [1.54, 1.807) is 12.5 Å². The molecular weight excluding hydrogens is 394 g/mol. The molecule has 0 radical (unpaired) electrons.